The number of benzene rings is 1. The van der Waals surface area contributed by atoms with Gasteiger partial charge >= 0.3 is 0 Å². The van der Waals surface area contributed by atoms with E-state index in [-0.39, 0.29) is 11.7 Å². The monoisotopic (exact) mass is 247 g/mol. The quantitative estimate of drug-likeness (QED) is 0.831. The summed E-state index contributed by atoms with van der Waals surface area (Å²) in [6, 6.07) is 8.09. The van der Waals surface area contributed by atoms with Gasteiger partial charge in [0.05, 0.1) is 12.7 Å². The largest absolute Gasteiger partial charge is 0.496 e. The molecular formula is C15H21NO2. The Hall–Kier alpha value is -1.35. The van der Waals surface area contributed by atoms with Gasteiger partial charge < -0.3 is 10.1 Å². The second-order valence-electron chi connectivity index (χ2n) is 4.90. The summed E-state index contributed by atoms with van der Waals surface area (Å²) in [5.41, 5.74) is 0.730. The molecule has 1 aliphatic carbocycles. The van der Waals surface area contributed by atoms with Crippen LogP contribution >= 0.6 is 0 Å². The molecule has 0 heterocycles. The van der Waals surface area contributed by atoms with Crippen LogP contribution in [0.1, 0.15) is 36.0 Å². The third kappa shape index (κ3) is 2.72. The van der Waals surface area contributed by atoms with Crippen LogP contribution in [-0.4, -0.2) is 26.0 Å². The predicted octanol–water partition coefficient (Wildman–Crippen LogP) is 2.66. The highest BCUT2D eigenvalue weighted by Crippen LogP contribution is 2.30. The van der Waals surface area contributed by atoms with Gasteiger partial charge in [-0.15, -0.1) is 0 Å². The van der Waals surface area contributed by atoms with Crippen LogP contribution < -0.4 is 10.1 Å². The van der Waals surface area contributed by atoms with Crippen LogP contribution in [0.25, 0.3) is 0 Å². The lowest BCUT2D eigenvalue weighted by atomic mass is 9.81. The highest BCUT2D eigenvalue weighted by molar-refractivity contribution is 6.00. The lowest BCUT2D eigenvalue weighted by molar-refractivity contribution is 0.0877. The van der Waals surface area contributed by atoms with E-state index in [0.717, 1.165) is 31.2 Å². The third-order valence-electron chi connectivity index (χ3n) is 3.88. The van der Waals surface area contributed by atoms with Gasteiger partial charge in [-0.05, 0) is 44.9 Å². The molecule has 0 saturated heterocycles. The fraction of sp³-hybridized carbons (Fsp3) is 0.533. The normalized spacial score (nSPS) is 23.7. The molecule has 1 N–H and O–H groups in total. The number of carbonyl (C=O) groups excluding carboxylic acids is 1. The SMILES string of the molecule is CNC1CCC(C(=O)c2ccccc2OC)CC1. The molecule has 1 fully saturated rings. The topological polar surface area (TPSA) is 38.3 Å². The molecule has 1 aromatic carbocycles. The highest BCUT2D eigenvalue weighted by atomic mass is 16.5. The van der Waals surface area contributed by atoms with Crippen molar-refractivity contribution in [2.75, 3.05) is 14.2 Å². The van der Waals surface area contributed by atoms with Gasteiger partial charge in [0.25, 0.3) is 0 Å². The second-order valence-corrected chi connectivity index (χ2v) is 4.90. The van der Waals surface area contributed by atoms with Crippen molar-refractivity contribution in [1.82, 2.24) is 5.32 Å². The minimum Gasteiger partial charge on any atom is -0.496 e. The van der Waals surface area contributed by atoms with Gasteiger partial charge in [0.2, 0.25) is 0 Å². The molecule has 0 bridgehead atoms. The van der Waals surface area contributed by atoms with Gasteiger partial charge in [-0.25, -0.2) is 0 Å². The lowest BCUT2D eigenvalue weighted by Gasteiger charge is -2.27. The van der Waals surface area contributed by atoms with Crippen LogP contribution in [-0.2, 0) is 0 Å². The standard InChI is InChI=1S/C15H21NO2/c1-16-12-9-7-11(8-10-12)15(17)13-5-3-4-6-14(13)18-2/h3-6,11-12,16H,7-10H2,1-2H3. The fourth-order valence-corrected chi connectivity index (χ4v) is 2.71. The smallest absolute Gasteiger partial charge is 0.169 e. The molecule has 0 aromatic heterocycles. The van der Waals surface area contributed by atoms with Gasteiger partial charge in [-0.1, -0.05) is 12.1 Å². The molecule has 3 heteroatoms. The molecule has 18 heavy (non-hydrogen) atoms. The average molecular weight is 247 g/mol. The zero-order chi connectivity index (χ0) is 13.0. The number of rotatable bonds is 4. The van der Waals surface area contributed by atoms with Crippen LogP contribution in [0.5, 0.6) is 5.75 Å². The maximum absolute atomic E-state index is 12.5. The number of para-hydroxylation sites is 1. The van der Waals surface area contributed by atoms with Gasteiger partial charge in [-0.3, -0.25) is 4.79 Å². The number of ether oxygens (including phenoxy) is 1. The van der Waals surface area contributed by atoms with Crippen LogP contribution in [0, 0.1) is 5.92 Å². The van der Waals surface area contributed by atoms with Crippen molar-refractivity contribution in [1.29, 1.82) is 0 Å². The van der Waals surface area contributed by atoms with Crippen molar-refractivity contribution < 1.29 is 9.53 Å². The van der Waals surface area contributed by atoms with E-state index in [0.29, 0.717) is 11.8 Å². The molecule has 0 atom stereocenters. The zero-order valence-corrected chi connectivity index (χ0v) is 11.1. The molecule has 1 aromatic rings. The van der Waals surface area contributed by atoms with E-state index < -0.39 is 0 Å². The number of Topliss-reactive ketones (excluding diaryl/α,β-unsaturated/α-hetero) is 1. The van der Waals surface area contributed by atoms with E-state index in [4.69, 9.17) is 4.74 Å². The molecule has 0 aliphatic heterocycles. The molecular weight excluding hydrogens is 226 g/mol. The summed E-state index contributed by atoms with van der Waals surface area (Å²) in [6.07, 6.45) is 4.12. The number of hydrogen-bond donors (Lipinski definition) is 1. The Kier molecular flexibility index (Phi) is 4.37. The van der Waals surface area contributed by atoms with E-state index in [1.165, 1.54) is 0 Å². The zero-order valence-electron chi connectivity index (χ0n) is 11.1. The minimum atomic E-state index is 0.158. The van der Waals surface area contributed by atoms with E-state index in [9.17, 15) is 4.79 Å². The van der Waals surface area contributed by atoms with Crippen molar-refractivity contribution in [3.05, 3.63) is 29.8 Å². The van der Waals surface area contributed by atoms with Crippen molar-refractivity contribution in [2.45, 2.75) is 31.7 Å². The Bertz CT molecular complexity index is 409. The summed E-state index contributed by atoms with van der Waals surface area (Å²) in [7, 11) is 3.61. The Morgan fingerprint density at radius 2 is 1.89 bits per heavy atom. The number of methoxy groups -OCH3 is 1. The first-order chi connectivity index (χ1) is 8.76. The summed E-state index contributed by atoms with van der Waals surface area (Å²) < 4.78 is 5.27. The van der Waals surface area contributed by atoms with Crippen molar-refractivity contribution in [3.63, 3.8) is 0 Å². The Morgan fingerprint density at radius 3 is 2.50 bits per heavy atom. The maximum atomic E-state index is 12.5. The van der Waals surface area contributed by atoms with Crippen LogP contribution in [0.2, 0.25) is 0 Å². The Morgan fingerprint density at radius 1 is 1.22 bits per heavy atom. The molecule has 0 spiro atoms. The molecule has 3 nitrogen and oxygen atoms in total. The second kappa shape index (κ2) is 6.01. The highest BCUT2D eigenvalue weighted by Gasteiger charge is 2.27. The van der Waals surface area contributed by atoms with Crippen LogP contribution in [0.4, 0.5) is 0 Å². The molecule has 1 aliphatic rings. The summed E-state index contributed by atoms with van der Waals surface area (Å²) in [4.78, 5) is 12.5. The Labute approximate surface area is 109 Å². The Balaban J connectivity index is 2.08. The first-order valence-corrected chi connectivity index (χ1v) is 6.60. The molecule has 0 amide bonds. The van der Waals surface area contributed by atoms with E-state index in [1.807, 2.05) is 31.3 Å². The van der Waals surface area contributed by atoms with E-state index in [1.54, 1.807) is 7.11 Å². The maximum Gasteiger partial charge on any atom is 0.169 e. The molecule has 0 radical (unpaired) electrons. The number of ketones is 1. The van der Waals surface area contributed by atoms with Gasteiger partial charge in [0.1, 0.15) is 5.75 Å². The lowest BCUT2D eigenvalue weighted by Crippen LogP contribution is -2.32. The van der Waals surface area contributed by atoms with Crippen molar-refractivity contribution in [2.24, 2.45) is 5.92 Å². The van der Waals surface area contributed by atoms with Gasteiger partial charge in [-0.2, -0.15) is 0 Å². The minimum absolute atomic E-state index is 0.158. The van der Waals surface area contributed by atoms with E-state index in [2.05, 4.69) is 5.32 Å². The first kappa shape index (κ1) is 13.1. The fourth-order valence-electron chi connectivity index (χ4n) is 2.71. The van der Waals surface area contributed by atoms with Gasteiger partial charge in [0, 0.05) is 12.0 Å². The third-order valence-corrected chi connectivity index (χ3v) is 3.88. The predicted molar refractivity (Wildman–Crippen MR) is 72.1 cm³/mol. The van der Waals surface area contributed by atoms with Gasteiger partial charge in [0.15, 0.2) is 5.78 Å². The molecule has 98 valence electrons. The van der Waals surface area contributed by atoms with Crippen LogP contribution in [0.15, 0.2) is 24.3 Å². The summed E-state index contributed by atoms with van der Waals surface area (Å²) in [5, 5.41) is 3.29. The van der Waals surface area contributed by atoms with Crippen molar-refractivity contribution in [3.8, 4) is 5.75 Å². The van der Waals surface area contributed by atoms with Crippen LogP contribution in [0.3, 0.4) is 0 Å². The molecule has 0 unspecified atom stereocenters. The average Bonchev–Trinajstić information content (AvgIpc) is 2.46. The molecule has 2 rings (SSSR count). The molecule has 1 saturated carbocycles. The summed E-state index contributed by atoms with van der Waals surface area (Å²) in [6.45, 7) is 0. The number of carbonyl (C=O) groups is 1. The van der Waals surface area contributed by atoms with E-state index >= 15 is 0 Å². The number of hydrogen-bond acceptors (Lipinski definition) is 3. The van der Waals surface area contributed by atoms with Crippen molar-refractivity contribution >= 4 is 5.78 Å². The first-order valence-electron chi connectivity index (χ1n) is 6.60. The summed E-state index contributed by atoms with van der Waals surface area (Å²) in [5.74, 6) is 1.09. The number of nitrogens with one attached hydrogen (secondary N) is 1. The summed E-state index contributed by atoms with van der Waals surface area (Å²) >= 11 is 0.